The molecule has 0 bridgehead atoms. The Bertz CT molecular complexity index is 434. The molecule has 0 heterocycles. The van der Waals surface area contributed by atoms with Gasteiger partial charge in [-0.25, -0.2) is 8.42 Å². The van der Waals surface area contributed by atoms with Gasteiger partial charge in [-0.1, -0.05) is 12.8 Å². The largest absolute Gasteiger partial charge is 0.481 e. The minimum absolute atomic E-state index is 0.00149. The molecular formula is C13H25NO4S. The average molecular weight is 291 g/mol. The highest BCUT2D eigenvalue weighted by Crippen LogP contribution is 2.42. The average Bonchev–Trinajstić information content (AvgIpc) is 3.06. The molecule has 1 saturated carbocycles. The van der Waals surface area contributed by atoms with Gasteiger partial charge in [-0.3, -0.25) is 4.79 Å². The second-order valence-corrected chi connectivity index (χ2v) is 9.48. The van der Waals surface area contributed by atoms with Gasteiger partial charge in [-0.05, 0) is 39.5 Å². The van der Waals surface area contributed by atoms with E-state index in [0.717, 1.165) is 12.8 Å². The molecule has 19 heavy (non-hydrogen) atoms. The first-order valence-corrected chi connectivity index (χ1v) is 8.35. The minimum Gasteiger partial charge on any atom is -0.481 e. The van der Waals surface area contributed by atoms with Crippen molar-refractivity contribution in [3.05, 3.63) is 0 Å². The number of aliphatic carboxylic acids is 1. The summed E-state index contributed by atoms with van der Waals surface area (Å²) in [5.41, 5.74) is 4.56. The zero-order chi connectivity index (χ0) is 14.9. The number of carbonyl (C=O) groups is 1. The molecule has 0 spiro atoms. The van der Waals surface area contributed by atoms with Crippen LogP contribution in [0.3, 0.4) is 0 Å². The van der Waals surface area contributed by atoms with Crippen molar-refractivity contribution < 1.29 is 18.3 Å². The molecule has 0 saturated heterocycles. The summed E-state index contributed by atoms with van der Waals surface area (Å²) in [6.45, 7) is 4.90. The van der Waals surface area contributed by atoms with Crippen molar-refractivity contribution in [1.82, 2.24) is 0 Å². The van der Waals surface area contributed by atoms with E-state index in [9.17, 15) is 18.3 Å². The van der Waals surface area contributed by atoms with Gasteiger partial charge in [0.2, 0.25) is 0 Å². The normalized spacial score (nSPS) is 20.0. The van der Waals surface area contributed by atoms with Gasteiger partial charge in [-0.15, -0.1) is 0 Å². The van der Waals surface area contributed by atoms with Crippen LogP contribution in [-0.4, -0.2) is 36.5 Å². The monoisotopic (exact) mass is 291 g/mol. The van der Waals surface area contributed by atoms with E-state index in [0.29, 0.717) is 12.3 Å². The number of hydrogen-bond donors (Lipinski definition) is 2. The van der Waals surface area contributed by atoms with E-state index >= 15 is 0 Å². The Hall–Kier alpha value is -0.620. The Morgan fingerprint density at radius 1 is 1.32 bits per heavy atom. The molecule has 5 nitrogen and oxygen atoms in total. The van der Waals surface area contributed by atoms with E-state index in [1.165, 1.54) is 0 Å². The summed E-state index contributed by atoms with van der Waals surface area (Å²) < 4.78 is 23.4. The van der Waals surface area contributed by atoms with Crippen LogP contribution in [0.4, 0.5) is 0 Å². The van der Waals surface area contributed by atoms with Crippen molar-refractivity contribution in [2.75, 3.05) is 12.3 Å². The molecule has 1 aliphatic carbocycles. The zero-order valence-electron chi connectivity index (χ0n) is 12.0. The first kappa shape index (κ1) is 16.4. The highest BCUT2D eigenvalue weighted by atomic mass is 32.2. The van der Waals surface area contributed by atoms with Crippen molar-refractivity contribution in [2.24, 2.45) is 17.1 Å². The second-order valence-electron chi connectivity index (χ2n) is 6.62. The van der Waals surface area contributed by atoms with Crippen LogP contribution in [0.15, 0.2) is 0 Å². The Kier molecular flexibility index (Phi) is 4.67. The lowest BCUT2D eigenvalue weighted by Crippen LogP contribution is -2.42. The molecule has 1 unspecified atom stereocenters. The maximum absolute atomic E-state index is 12.1. The molecule has 1 atom stereocenters. The van der Waals surface area contributed by atoms with E-state index in [1.54, 1.807) is 20.8 Å². The smallest absolute Gasteiger partial charge is 0.310 e. The maximum atomic E-state index is 12.1. The fraction of sp³-hybridized carbons (Fsp3) is 0.923. The third kappa shape index (κ3) is 3.92. The molecule has 1 aliphatic rings. The zero-order valence-corrected chi connectivity index (χ0v) is 12.8. The summed E-state index contributed by atoms with van der Waals surface area (Å²) in [7, 11) is -3.31. The highest BCUT2D eigenvalue weighted by molar-refractivity contribution is 7.92. The van der Waals surface area contributed by atoms with E-state index in [-0.39, 0.29) is 18.7 Å². The van der Waals surface area contributed by atoms with Crippen LogP contribution in [0.2, 0.25) is 0 Å². The predicted octanol–water partition coefficient (Wildman–Crippen LogP) is 1.42. The summed E-state index contributed by atoms with van der Waals surface area (Å²) in [6, 6.07) is 0. The third-order valence-corrected chi connectivity index (χ3v) is 6.61. The molecule has 0 aromatic carbocycles. The topological polar surface area (TPSA) is 97.5 Å². The molecule has 1 rings (SSSR count). The van der Waals surface area contributed by atoms with Gasteiger partial charge < -0.3 is 10.8 Å². The SMILES string of the molecule is CC(C)(C)S(=O)(=O)CCC(CN)(CC1CC1)C(=O)O. The second kappa shape index (κ2) is 5.40. The molecule has 6 heteroatoms. The Morgan fingerprint density at radius 2 is 1.84 bits per heavy atom. The van der Waals surface area contributed by atoms with Crippen LogP contribution in [-0.2, 0) is 14.6 Å². The predicted molar refractivity (Wildman–Crippen MR) is 74.6 cm³/mol. The number of carboxylic acid groups (broad SMARTS) is 1. The first-order valence-electron chi connectivity index (χ1n) is 6.70. The molecule has 3 N–H and O–H groups in total. The first-order chi connectivity index (χ1) is 8.54. The fourth-order valence-electron chi connectivity index (χ4n) is 2.08. The Labute approximate surface area is 115 Å². The van der Waals surface area contributed by atoms with E-state index < -0.39 is 26.0 Å². The summed E-state index contributed by atoms with van der Waals surface area (Å²) in [6.07, 6.45) is 2.66. The summed E-state index contributed by atoms with van der Waals surface area (Å²) >= 11 is 0. The molecule has 0 aromatic heterocycles. The van der Waals surface area contributed by atoms with Crippen LogP contribution in [0, 0.1) is 11.3 Å². The summed E-state index contributed by atoms with van der Waals surface area (Å²) in [5, 5.41) is 9.43. The lowest BCUT2D eigenvalue weighted by molar-refractivity contribution is -0.149. The van der Waals surface area contributed by atoms with E-state index in [2.05, 4.69) is 0 Å². The van der Waals surface area contributed by atoms with Crippen molar-refractivity contribution in [3.8, 4) is 0 Å². The van der Waals surface area contributed by atoms with Crippen LogP contribution < -0.4 is 5.73 Å². The Morgan fingerprint density at radius 3 is 2.16 bits per heavy atom. The number of rotatable bonds is 7. The van der Waals surface area contributed by atoms with Gasteiger partial charge in [0.1, 0.15) is 0 Å². The van der Waals surface area contributed by atoms with Crippen LogP contribution in [0.25, 0.3) is 0 Å². The standard InChI is InChI=1S/C13H25NO4S/c1-12(2,3)19(17,18)7-6-13(9-14,11(15)16)8-10-4-5-10/h10H,4-9,14H2,1-3H3,(H,15,16). The van der Waals surface area contributed by atoms with Crippen molar-refractivity contribution in [3.63, 3.8) is 0 Å². The Balaban J connectivity index is 2.81. The van der Waals surface area contributed by atoms with E-state index in [4.69, 9.17) is 5.73 Å². The number of sulfone groups is 1. The highest BCUT2D eigenvalue weighted by Gasteiger charge is 2.43. The third-order valence-electron chi connectivity index (χ3n) is 4.00. The lowest BCUT2D eigenvalue weighted by atomic mass is 9.80. The lowest BCUT2D eigenvalue weighted by Gasteiger charge is -2.29. The van der Waals surface area contributed by atoms with Gasteiger partial charge in [0.25, 0.3) is 0 Å². The maximum Gasteiger partial charge on any atom is 0.310 e. The number of hydrogen-bond acceptors (Lipinski definition) is 4. The molecule has 1 fully saturated rings. The van der Waals surface area contributed by atoms with Crippen molar-refractivity contribution in [1.29, 1.82) is 0 Å². The molecule has 0 aliphatic heterocycles. The van der Waals surface area contributed by atoms with Crippen LogP contribution in [0.5, 0.6) is 0 Å². The minimum atomic E-state index is -3.31. The molecule has 112 valence electrons. The molecule has 0 amide bonds. The number of carboxylic acids is 1. The van der Waals surface area contributed by atoms with Crippen molar-refractivity contribution >= 4 is 15.8 Å². The van der Waals surface area contributed by atoms with Gasteiger partial charge in [0.05, 0.1) is 15.9 Å². The summed E-state index contributed by atoms with van der Waals surface area (Å²) in [5.74, 6) is -0.685. The van der Waals surface area contributed by atoms with Crippen molar-refractivity contribution in [2.45, 2.75) is 51.2 Å². The van der Waals surface area contributed by atoms with Gasteiger partial charge in [0, 0.05) is 6.54 Å². The summed E-state index contributed by atoms with van der Waals surface area (Å²) in [4.78, 5) is 11.5. The van der Waals surface area contributed by atoms with Crippen LogP contribution >= 0.6 is 0 Å². The fourth-order valence-corrected chi connectivity index (χ4v) is 3.35. The van der Waals surface area contributed by atoms with Gasteiger partial charge in [-0.2, -0.15) is 0 Å². The molecule has 0 aromatic rings. The molecular weight excluding hydrogens is 266 g/mol. The molecule has 0 radical (unpaired) electrons. The van der Waals surface area contributed by atoms with Crippen LogP contribution in [0.1, 0.15) is 46.5 Å². The van der Waals surface area contributed by atoms with Gasteiger partial charge in [0.15, 0.2) is 9.84 Å². The number of nitrogens with two attached hydrogens (primary N) is 1. The quantitative estimate of drug-likeness (QED) is 0.739. The van der Waals surface area contributed by atoms with Gasteiger partial charge >= 0.3 is 5.97 Å². The van der Waals surface area contributed by atoms with E-state index in [1.807, 2.05) is 0 Å².